The van der Waals surface area contributed by atoms with Crippen LogP contribution in [0.15, 0.2) is 36.5 Å². The van der Waals surface area contributed by atoms with Gasteiger partial charge in [-0.1, -0.05) is 0 Å². The van der Waals surface area contributed by atoms with Crippen molar-refractivity contribution in [3.8, 4) is 5.75 Å². The molecule has 0 atom stereocenters. The summed E-state index contributed by atoms with van der Waals surface area (Å²) in [6.45, 7) is 7.90. The van der Waals surface area contributed by atoms with Gasteiger partial charge in [0.05, 0.1) is 17.2 Å². The molecule has 1 N–H and O–H groups in total. The molecule has 2 fully saturated rings. The number of benzene rings is 1. The van der Waals surface area contributed by atoms with Crippen molar-refractivity contribution in [2.75, 3.05) is 36.4 Å². The first kappa shape index (κ1) is 29.2. The predicted octanol–water partition coefficient (Wildman–Crippen LogP) is 5.87. The van der Waals surface area contributed by atoms with Gasteiger partial charge < -0.3 is 24.6 Å². The van der Waals surface area contributed by atoms with Crippen LogP contribution in [0.2, 0.25) is 0 Å². The third kappa shape index (κ3) is 7.66. The van der Waals surface area contributed by atoms with E-state index in [4.69, 9.17) is 9.47 Å². The molecule has 2 aromatic rings. The average molecular weight is 566 g/mol. The molecule has 1 aromatic heterocycles. The number of nitro benzene ring substituents is 1. The summed E-state index contributed by atoms with van der Waals surface area (Å²) in [5.41, 5.74) is -2.55. The van der Waals surface area contributed by atoms with E-state index in [1.54, 1.807) is 11.1 Å². The smallest absolute Gasteiger partial charge is 0.423 e. The molecule has 4 rings (SSSR count). The van der Waals surface area contributed by atoms with Crippen LogP contribution in [-0.4, -0.2) is 64.8 Å². The molecule has 1 aromatic carbocycles. The Hall–Kier alpha value is -3.77. The van der Waals surface area contributed by atoms with E-state index in [1.807, 2.05) is 32.9 Å². The largest absolute Gasteiger partial charge is 0.489 e. The maximum Gasteiger partial charge on any atom is 0.423 e. The quantitative estimate of drug-likeness (QED) is 0.342. The summed E-state index contributed by atoms with van der Waals surface area (Å²) in [5.74, 6) is 1.43. The molecular formula is C27H34F3N5O5. The monoisotopic (exact) mass is 565 g/mol. The zero-order chi connectivity index (χ0) is 29.1. The Balaban J connectivity index is 1.24. The molecule has 10 nitrogen and oxygen atoms in total. The van der Waals surface area contributed by atoms with Gasteiger partial charge in [0.15, 0.2) is 0 Å². The number of anilines is 2. The number of hydrogen-bond acceptors (Lipinski definition) is 8. The van der Waals surface area contributed by atoms with Gasteiger partial charge in [0.1, 0.15) is 22.7 Å². The minimum atomic E-state index is -4.82. The van der Waals surface area contributed by atoms with Crippen LogP contribution in [0.3, 0.4) is 0 Å². The lowest BCUT2D eigenvalue weighted by atomic mass is 9.92. The van der Waals surface area contributed by atoms with Crippen LogP contribution in [0, 0.1) is 10.1 Å². The second-order valence-corrected chi connectivity index (χ2v) is 11.0. The fourth-order valence-corrected chi connectivity index (χ4v) is 4.84. The van der Waals surface area contributed by atoms with Gasteiger partial charge in [0.25, 0.3) is 5.69 Å². The van der Waals surface area contributed by atoms with Crippen LogP contribution < -0.4 is 15.0 Å². The Kier molecular flexibility index (Phi) is 8.59. The van der Waals surface area contributed by atoms with Gasteiger partial charge in [0, 0.05) is 44.0 Å². The van der Waals surface area contributed by atoms with Gasteiger partial charge in [-0.25, -0.2) is 9.78 Å². The minimum absolute atomic E-state index is 0.0503. The van der Waals surface area contributed by atoms with Crippen LogP contribution in [0.4, 0.5) is 35.2 Å². The summed E-state index contributed by atoms with van der Waals surface area (Å²) < 4.78 is 51.4. The number of piperazine rings is 1. The van der Waals surface area contributed by atoms with Gasteiger partial charge in [-0.05, 0) is 70.7 Å². The molecule has 1 aliphatic carbocycles. The molecule has 0 spiro atoms. The fourth-order valence-electron chi connectivity index (χ4n) is 4.84. The standard InChI is InChI=1S/C27H34F3N5O5/c1-26(2,3)40-25(36)34-14-12-33(13-15-34)24-11-9-21(17-31-24)39-20-7-4-18(5-8-20)32-19-6-10-23(35(37)38)22(16-19)27(28,29)30/h6,9-11,16-18,20,32H,4-5,7-8,12-15H2,1-3H3. The second kappa shape index (κ2) is 11.8. The molecule has 0 bridgehead atoms. The van der Waals surface area contributed by atoms with Gasteiger partial charge in [0.2, 0.25) is 0 Å². The number of nitro groups is 1. The number of aromatic nitrogens is 1. The number of carbonyl (C=O) groups excluding carboxylic acids is 1. The number of ether oxygens (including phenoxy) is 2. The zero-order valence-electron chi connectivity index (χ0n) is 22.7. The van der Waals surface area contributed by atoms with E-state index in [2.05, 4.69) is 15.2 Å². The molecule has 1 aliphatic heterocycles. The van der Waals surface area contributed by atoms with Gasteiger partial charge in [-0.2, -0.15) is 13.2 Å². The fraction of sp³-hybridized carbons (Fsp3) is 0.556. The molecule has 2 aliphatic rings. The summed E-state index contributed by atoms with van der Waals surface area (Å²) in [4.78, 5) is 30.5. The zero-order valence-corrected chi connectivity index (χ0v) is 22.7. The van der Waals surface area contributed by atoms with Crippen LogP contribution >= 0.6 is 0 Å². The first-order chi connectivity index (χ1) is 18.8. The Bertz CT molecular complexity index is 1190. The summed E-state index contributed by atoms with van der Waals surface area (Å²) in [7, 11) is 0. The lowest BCUT2D eigenvalue weighted by molar-refractivity contribution is -0.388. The van der Waals surface area contributed by atoms with Crippen LogP contribution in [-0.2, 0) is 10.9 Å². The molecule has 1 amide bonds. The molecule has 13 heteroatoms. The highest BCUT2D eigenvalue weighted by Crippen LogP contribution is 2.38. The Morgan fingerprint density at radius 3 is 2.27 bits per heavy atom. The summed E-state index contributed by atoms with van der Waals surface area (Å²) in [5, 5.41) is 14.1. The molecule has 218 valence electrons. The first-order valence-corrected chi connectivity index (χ1v) is 13.3. The summed E-state index contributed by atoms with van der Waals surface area (Å²) in [6, 6.07) is 6.67. The van der Waals surface area contributed by atoms with E-state index < -0.39 is 28.0 Å². The number of pyridine rings is 1. The van der Waals surface area contributed by atoms with Crippen LogP contribution in [0.25, 0.3) is 0 Å². The first-order valence-electron chi connectivity index (χ1n) is 13.3. The van der Waals surface area contributed by atoms with Gasteiger partial charge >= 0.3 is 12.3 Å². The van der Waals surface area contributed by atoms with E-state index >= 15 is 0 Å². The summed E-state index contributed by atoms with van der Waals surface area (Å²) in [6.07, 6.45) is -0.749. The van der Waals surface area contributed by atoms with Crippen molar-refractivity contribution >= 4 is 23.3 Å². The van der Waals surface area contributed by atoms with E-state index in [0.717, 1.165) is 18.0 Å². The SMILES string of the molecule is CC(C)(C)OC(=O)N1CCN(c2ccc(OC3CCC(Nc4ccc([N+](=O)[O-])c(C(F)(F)F)c4)CC3)cn2)CC1. The lowest BCUT2D eigenvalue weighted by Crippen LogP contribution is -2.50. The van der Waals surface area contributed by atoms with Gasteiger partial charge in [-0.3, -0.25) is 10.1 Å². The molecular weight excluding hydrogens is 531 g/mol. The normalized spacial score (nSPS) is 20.1. The van der Waals surface area contributed by atoms with Crippen molar-refractivity contribution in [3.63, 3.8) is 0 Å². The molecule has 0 unspecified atom stereocenters. The molecule has 40 heavy (non-hydrogen) atoms. The van der Waals surface area contributed by atoms with E-state index in [9.17, 15) is 28.1 Å². The predicted molar refractivity (Wildman–Crippen MR) is 143 cm³/mol. The number of halogens is 3. The molecule has 2 heterocycles. The van der Waals surface area contributed by atoms with Crippen molar-refractivity contribution in [1.82, 2.24) is 9.88 Å². The van der Waals surface area contributed by atoms with E-state index in [1.165, 1.54) is 6.07 Å². The molecule has 1 saturated carbocycles. The number of hydrogen-bond donors (Lipinski definition) is 1. The highest BCUT2D eigenvalue weighted by molar-refractivity contribution is 5.68. The van der Waals surface area contributed by atoms with E-state index in [-0.39, 0.29) is 23.9 Å². The third-order valence-corrected chi connectivity index (χ3v) is 6.82. The Morgan fingerprint density at radius 2 is 1.73 bits per heavy atom. The van der Waals surface area contributed by atoms with Crippen molar-refractivity contribution in [3.05, 3.63) is 52.2 Å². The number of nitrogens with zero attached hydrogens (tertiary/aromatic N) is 4. The topological polar surface area (TPSA) is 110 Å². The Labute approximate surface area is 230 Å². The number of nitrogens with one attached hydrogen (secondary N) is 1. The minimum Gasteiger partial charge on any atom is -0.489 e. The number of rotatable bonds is 6. The van der Waals surface area contributed by atoms with E-state index in [0.29, 0.717) is 57.6 Å². The van der Waals surface area contributed by atoms with Crippen LogP contribution in [0.5, 0.6) is 5.75 Å². The van der Waals surface area contributed by atoms with Crippen molar-refractivity contribution in [2.24, 2.45) is 0 Å². The van der Waals surface area contributed by atoms with Crippen molar-refractivity contribution in [2.45, 2.75) is 70.4 Å². The number of amides is 1. The maximum absolute atomic E-state index is 13.3. The van der Waals surface area contributed by atoms with Crippen molar-refractivity contribution < 1.29 is 32.4 Å². The summed E-state index contributed by atoms with van der Waals surface area (Å²) >= 11 is 0. The second-order valence-electron chi connectivity index (χ2n) is 11.0. The highest BCUT2D eigenvalue weighted by atomic mass is 19.4. The number of carbonyl (C=O) groups is 1. The molecule has 0 radical (unpaired) electrons. The average Bonchev–Trinajstić information content (AvgIpc) is 2.89. The maximum atomic E-state index is 13.3. The molecule has 1 saturated heterocycles. The van der Waals surface area contributed by atoms with Crippen LogP contribution in [0.1, 0.15) is 52.0 Å². The third-order valence-electron chi connectivity index (χ3n) is 6.82. The van der Waals surface area contributed by atoms with Crippen molar-refractivity contribution in [1.29, 1.82) is 0 Å². The van der Waals surface area contributed by atoms with Gasteiger partial charge in [-0.15, -0.1) is 0 Å². The Morgan fingerprint density at radius 1 is 1.05 bits per heavy atom. The highest BCUT2D eigenvalue weighted by Gasteiger charge is 2.38. The lowest BCUT2D eigenvalue weighted by Gasteiger charge is -2.36. The number of alkyl halides is 3.